The van der Waals surface area contributed by atoms with Gasteiger partial charge in [-0.15, -0.1) is 12.0 Å². The van der Waals surface area contributed by atoms with E-state index in [4.69, 9.17) is 0 Å². The molecule has 3 aliphatic carbocycles. The Morgan fingerprint density at radius 3 is 2.00 bits per heavy atom. The van der Waals surface area contributed by atoms with Crippen molar-refractivity contribution in [2.24, 2.45) is 0 Å². The van der Waals surface area contributed by atoms with Crippen molar-refractivity contribution >= 4 is 3.81 Å². The van der Waals surface area contributed by atoms with Gasteiger partial charge in [-0.05, 0) is 17.9 Å². The standard InChI is InChI=1S/C19H21.C5H8.C5H5.2ClH.Ti/c1-12(2)14-5-7-16-9-17-8-6-15(13(3)4)11-19(17)18(16)10-14;2*1-2-4-5-3-1;;;/h5-7,10-13H,9H2,1-4H3;1-4H2;1-3H,4H2;2*1H;/q-1;;-1;;;+2/p-2. The Morgan fingerprint density at radius 2 is 1.53 bits per heavy atom. The summed E-state index contributed by atoms with van der Waals surface area (Å²) in [6.45, 7) is 9.01. The third-order valence-corrected chi connectivity index (χ3v) is 6.75. The van der Waals surface area contributed by atoms with Crippen molar-refractivity contribution in [1.82, 2.24) is 0 Å². The molecular formula is C29H34Cl2Ti-2. The van der Waals surface area contributed by atoms with E-state index < -0.39 is 0 Å². The number of hydrogen-bond acceptors (Lipinski definition) is 0. The van der Waals surface area contributed by atoms with Gasteiger partial charge < -0.3 is 24.8 Å². The average molecular weight is 501 g/mol. The first-order valence-corrected chi connectivity index (χ1v) is 12.2. The van der Waals surface area contributed by atoms with E-state index in [9.17, 15) is 0 Å². The van der Waals surface area contributed by atoms with Crippen LogP contribution in [0.3, 0.4) is 0 Å². The fraction of sp³-hybridized carbons (Fsp3) is 0.414. The second-order valence-corrected chi connectivity index (χ2v) is 10.1. The number of allylic oxidation sites excluding steroid dienone is 4. The Hall–Kier alpha value is -0.916. The maximum absolute atomic E-state index is 3.49. The van der Waals surface area contributed by atoms with Crippen LogP contribution in [0.25, 0.3) is 11.1 Å². The maximum atomic E-state index is 3.49. The molecule has 5 rings (SSSR count). The minimum absolute atomic E-state index is 0. The van der Waals surface area contributed by atoms with Gasteiger partial charge in [-0.1, -0.05) is 62.9 Å². The van der Waals surface area contributed by atoms with Crippen LogP contribution in [0.5, 0.6) is 0 Å². The molecule has 0 saturated heterocycles. The molecule has 2 aromatic carbocycles. The van der Waals surface area contributed by atoms with Gasteiger partial charge in [0.2, 0.25) is 0 Å². The summed E-state index contributed by atoms with van der Waals surface area (Å²) < 4.78 is 1.70. The van der Waals surface area contributed by atoms with E-state index in [-0.39, 0.29) is 24.8 Å². The van der Waals surface area contributed by atoms with Crippen molar-refractivity contribution in [2.45, 2.75) is 78.1 Å². The summed E-state index contributed by atoms with van der Waals surface area (Å²) in [5.74, 6) is 1.16. The summed E-state index contributed by atoms with van der Waals surface area (Å²) >= 11 is 2.26. The molecule has 0 aromatic heterocycles. The van der Waals surface area contributed by atoms with Gasteiger partial charge >= 0.3 is 49.5 Å². The molecule has 0 N–H and O–H groups in total. The molecule has 0 nitrogen and oxygen atoms in total. The van der Waals surface area contributed by atoms with Crippen LogP contribution >= 0.6 is 0 Å². The molecule has 1 saturated carbocycles. The van der Waals surface area contributed by atoms with Gasteiger partial charge in [-0.2, -0.15) is 35.4 Å². The van der Waals surface area contributed by atoms with Gasteiger partial charge in [-0.25, -0.2) is 12.2 Å². The van der Waals surface area contributed by atoms with Crippen LogP contribution in [0.2, 0.25) is 0 Å². The summed E-state index contributed by atoms with van der Waals surface area (Å²) in [5, 5.41) is 0. The average Bonchev–Trinajstić information content (AvgIpc) is 3.50. The predicted octanol–water partition coefficient (Wildman–Crippen LogP) is 1.90. The Labute approximate surface area is 219 Å². The van der Waals surface area contributed by atoms with Crippen molar-refractivity contribution < 1.29 is 44.8 Å². The fourth-order valence-corrected chi connectivity index (χ4v) is 4.51. The zero-order valence-electron chi connectivity index (χ0n) is 19.8. The Kier molecular flexibility index (Phi) is 13.1. The number of hydrogen-bond donors (Lipinski definition) is 0. The Morgan fingerprint density at radius 1 is 0.875 bits per heavy atom. The Bertz CT molecular complexity index is 865. The third-order valence-electron chi connectivity index (χ3n) is 5.97. The molecule has 170 valence electrons. The van der Waals surface area contributed by atoms with Crippen LogP contribution in [0.4, 0.5) is 0 Å². The molecule has 0 unspecified atom stereocenters. The molecule has 0 atom stereocenters. The van der Waals surface area contributed by atoms with Gasteiger partial charge in [0, 0.05) is 0 Å². The molecular weight excluding hydrogens is 467 g/mol. The molecule has 3 aliphatic rings. The summed E-state index contributed by atoms with van der Waals surface area (Å²) in [4.78, 5) is 0. The quantitative estimate of drug-likeness (QED) is 0.372. The SMILES string of the molecule is CC(C)c1c[c-]c2c(c1)-c1cc(C(C)C)ccc1C2.[C-]1=CC=CC1.[Cl-].[Cl-].[Ti+2]=[C]1CCCC1. The molecule has 2 aromatic rings. The number of halogens is 2. The van der Waals surface area contributed by atoms with Crippen molar-refractivity contribution in [3.05, 3.63) is 83.0 Å². The first kappa shape index (κ1) is 29.1. The number of fused-ring (bicyclic) bond motifs is 3. The van der Waals surface area contributed by atoms with Gasteiger partial charge in [0.1, 0.15) is 0 Å². The molecule has 0 spiro atoms. The van der Waals surface area contributed by atoms with E-state index in [1.165, 1.54) is 59.1 Å². The zero-order valence-corrected chi connectivity index (χ0v) is 22.8. The van der Waals surface area contributed by atoms with Crippen molar-refractivity contribution in [1.29, 1.82) is 0 Å². The summed E-state index contributed by atoms with van der Waals surface area (Å²) in [6, 6.07) is 15.0. The summed E-state index contributed by atoms with van der Waals surface area (Å²) in [7, 11) is 0. The topological polar surface area (TPSA) is 0 Å². The number of rotatable bonds is 2. The van der Waals surface area contributed by atoms with Gasteiger partial charge in [0.05, 0.1) is 0 Å². The number of benzene rings is 2. The van der Waals surface area contributed by atoms with Crippen LogP contribution < -0.4 is 24.8 Å². The van der Waals surface area contributed by atoms with Crippen molar-refractivity contribution in [2.75, 3.05) is 0 Å². The first-order valence-electron chi connectivity index (χ1n) is 11.4. The van der Waals surface area contributed by atoms with E-state index in [1.54, 1.807) is 3.81 Å². The molecule has 1 fully saturated rings. The van der Waals surface area contributed by atoms with E-state index in [0.717, 1.165) is 12.8 Å². The Balaban J connectivity index is 0.000000325. The van der Waals surface area contributed by atoms with Gasteiger partial charge in [0.25, 0.3) is 0 Å². The second kappa shape index (κ2) is 14.4. The summed E-state index contributed by atoms with van der Waals surface area (Å²) in [6.07, 6.45) is 16.7. The van der Waals surface area contributed by atoms with Crippen LogP contribution in [-0.4, -0.2) is 3.81 Å². The normalized spacial score (nSPS) is 14.7. The molecule has 0 radical (unpaired) electrons. The van der Waals surface area contributed by atoms with Gasteiger partial charge in [-0.3, -0.25) is 6.08 Å². The second-order valence-electron chi connectivity index (χ2n) is 9.04. The third kappa shape index (κ3) is 8.14. The predicted molar refractivity (Wildman–Crippen MR) is 127 cm³/mol. The monoisotopic (exact) mass is 500 g/mol. The van der Waals surface area contributed by atoms with E-state index in [0.29, 0.717) is 11.8 Å². The van der Waals surface area contributed by atoms with E-state index >= 15 is 0 Å². The van der Waals surface area contributed by atoms with Crippen molar-refractivity contribution in [3.8, 4) is 11.1 Å². The zero-order chi connectivity index (χ0) is 21.5. The van der Waals surface area contributed by atoms with Crippen LogP contribution in [0, 0.1) is 12.1 Å². The molecule has 3 heteroatoms. The molecule has 0 aliphatic heterocycles. The van der Waals surface area contributed by atoms with Crippen LogP contribution in [0.1, 0.15) is 93.9 Å². The fourth-order valence-electron chi connectivity index (χ4n) is 3.95. The molecule has 0 bridgehead atoms. The van der Waals surface area contributed by atoms with Gasteiger partial charge in [0.15, 0.2) is 0 Å². The molecule has 0 heterocycles. The van der Waals surface area contributed by atoms with E-state index in [2.05, 4.69) is 96.2 Å². The van der Waals surface area contributed by atoms with Crippen molar-refractivity contribution in [3.63, 3.8) is 0 Å². The van der Waals surface area contributed by atoms with Crippen LogP contribution in [-0.2, 0) is 26.4 Å². The first-order chi connectivity index (χ1) is 14.5. The molecule has 32 heavy (non-hydrogen) atoms. The minimum atomic E-state index is 0. The van der Waals surface area contributed by atoms with E-state index in [1.807, 2.05) is 12.2 Å². The van der Waals surface area contributed by atoms with Crippen LogP contribution in [0.15, 0.2) is 48.6 Å². The molecule has 0 amide bonds. The summed E-state index contributed by atoms with van der Waals surface area (Å²) in [5.41, 5.74) is 8.48.